The number of likely N-dealkylation sites (N-methyl/N-ethyl adjacent to an activating group) is 1. The van der Waals surface area contributed by atoms with E-state index < -0.39 is 0 Å². The third kappa shape index (κ3) is 3.07. The van der Waals surface area contributed by atoms with Crippen molar-refractivity contribution >= 4 is 11.6 Å². The molecule has 2 heterocycles. The van der Waals surface area contributed by atoms with Crippen LogP contribution in [0.25, 0.3) is 0 Å². The second kappa shape index (κ2) is 6.56. The highest BCUT2D eigenvalue weighted by Gasteiger charge is 2.23. The zero-order chi connectivity index (χ0) is 13.7. The van der Waals surface area contributed by atoms with Crippen molar-refractivity contribution in [2.24, 2.45) is 0 Å². The Labute approximate surface area is 114 Å². The van der Waals surface area contributed by atoms with Gasteiger partial charge in [0.25, 0.3) is 0 Å². The molecule has 106 valence electrons. The van der Waals surface area contributed by atoms with E-state index in [9.17, 15) is 0 Å². The van der Waals surface area contributed by atoms with Crippen LogP contribution >= 0.6 is 0 Å². The lowest BCUT2D eigenvalue weighted by Gasteiger charge is -2.23. The lowest BCUT2D eigenvalue weighted by atomic mass is 10.2. The van der Waals surface area contributed by atoms with Crippen molar-refractivity contribution in [2.45, 2.75) is 25.8 Å². The molecular weight excluding hydrogens is 242 g/mol. The van der Waals surface area contributed by atoms with Crippen LogP contribution in [0.2, 0.25) is 0 Å². The van der Waals surface area contributed by atoms with Crippen LogP contribution in [0.15, 0.2) is 6.33 Å². The standard InChI is InChI=1S/C13H23N5O/c1-4-18-7-5-6-10(18)8-15-13-11(19-3)12(14-2)16-9-17-13/h9-10H,4-8H2,1-3H3,(H2,14,15,16,17). The predicted octanol–water partition coefficient (Wildman–Crippen LogP) is 1.42. The number of likely N-dealkylation sites (tertiary alicyclic amines) is 1. The molecule has 1 aliphatic rings. The van der Waals surface area contributed by atoms with Crippen LogP contribution in [0, 0.1) is 0 Å². The van der Waals surface area contributed by atoms with Gasteiger partial charge in [-0.1, -0.05) is 6.92 Å². The molecule has 1 atom stereocenters. The van der Waals surface area contributed by atoms with Gasteiger partial charge in [-0.25, -0.2) is 9.97 Å². The molecule has 0 bridgehead atoms. The Kier molecular flexibility index (Phi) is 4.79. The van der Waals surface area contributed by atoms with E-state index in [0.717, 1.165) is 18.9 Å². The molecule has 0 saturated carbocycles. The van der Waals surface area contributed by atoms with E-state index in [1.54, 1.807) is 13.4 Å². The van der Waals surface area contributed by atoms with Crippen LogP contribution in [0.1, 0.15) is 19.8 Å². The fraction of sp³-hybridized carbons (Fsp3) is 0.692. The van der Waals surface area contributed by atoms with Gasteiger partial charge in [-0.15, -0.1) is 0 Å². The first kappa shape index (κ1) is 13.9. The maximum Gasteiger partial charge on any atom is 0.204 e. The number of nitrogens with one attached hydrogen (secondary N) is 2. The van der Waals surface area contributed by atoms with Gasteiger partial charge in [0.2, 0.25) is 5.75 Å². The van der Waals surface area contributed by atoms with Crippen LogP contribution in [-0.4, -0.2) is 54.7 Å². The van der Waals surface area contributed by atoms with Gasteiger partial charge in [0.15, 0.2) is 11.6 Å². The average Bonchev–Trinajstić information content (AvgIpc) is 2.91. The fourth-order valence-corrected chi connectivity index (χ4v) is 2.63. The smallest absolute Gasteiger partial charge is 0.204 e. The van der Waals surface area contributed by atoms with E-state index in [0.29, 0.717) is 17.6 Å². The molecule has 1 aliphatic heterocycles. The summed E-state index contributed by atoms with van der Waals surface area (Å²) in [4.78, 5) is 10.9. The number of anilines is 2. The maximum atomic E-state index is 5.37. The highest BCUT2D eigenvalue weighted by molar-refractivity contribution is 5.63. The summed E-state index contributed by atoms with van der Waals surface area (Å²) in [6.45, 7) is 5.41. The Bertz CT molecular complexity index is 412. The molecule has 6 heteroatoms. The molecule has 19 heavy (non-hydrogen) atoms. The fourth-order valence-electron chi connectivity index (χ4n) is 2.63. The van der Waals surface area contributed by atoms with Gasteiger partial charge in [-0.05, 0) is 25.9 Å². The normalized spacial score (nSPS) is 19.4. The highest BCUT2D eigenvalue weighted by Crippen LogP contribution is 2.28. The van der Waals surface area contributed by atoms with E-state index in [1.807, 2.05) is 7.05 Å². The van der Waals surface area contributed by atoms with E-state index in [1.165, 1.54) is 19.4 Å². The van der Waals surface area contributed by atoms with Crippen molar-refractivity contribution in [3.8, 4) is 5.75 Å². The maximum absolute atomic E-state index is 5.37. The molecule has 0 amide bonds. The topological polar surface area (TPSA) is 62.3 Å². The van der Waals surface area contributed by atoms with Crippen LogP contribution in [0.3, 0.4) is 0 Å². The van der Waals surface area contributed by atoms with Crippen LogP contribution < -0.4 is 15.4 Å². The molecule has 1 aromatic rings. The van der Waals surface area contributed by atoms with Crippen molar-refractivity contribution in [3.05, 3.63) is 6.33 Å². The molecule has 1 unspecified atom stereocenters. The Hall–Kier alpha value is -1.56. The molecule has 6 nitrogen and oxygen atoms in total. The third-order valence-corrected chi connectivity index (χ3v) is 3.66. The lowest BCUT2D eigenvalue weighted by molar-refractivity contribution is 0.276. The van der Waals surface area contributed by atoms with Gasteiger partial charge in [0.1, 0.15) is 6.33 Å². The van der Waals surface area contributed by atoms with Crippen molar-refractivity contribution in [1.82, 2.24) is 14.9 Å². The third-order valence-electron chi connectivity index (χ3n) is 3.66. The Balaban J connectivity index is 2.03. The molecule has 0 aromatic carbocycles. The van der Waals surface area contributed by atoms with Gasteiger partial charge in [-0.2, -0.15) is 0 Å². The second-order valence-electron chi connectivity index (χ2n) is 4.66. The first-order valence-corrected chi connectivity index (χ1v) is 6.84. The summed E-state index contributed by atoms with van der Waals surface area (Å²) in [5.41, 5.74) is 0. The summed E-state index contributed by atoms with van der Waals surface area (Å²) >= 11 is 0. The summed E-state index contributed by atoms with van der Waals surface area (Å²) in [5.74, 6) is 2.13. The van der Waals surface area contributed by atoms with E-state index in [-0.39, 0.29) is 0 Å². The van der Waals surface area contributed by atoms with Gasteiger partial charge >= 0.3 is 0 Å². The molecule has 2 rings (SSSR count). The number of nitrogens with zero attached hydrogens (tertiary/aromatic N) is 3. The minimum absolute atomic E-state index is 0.586. The zero-order valence-electron chi connectivity index (χ0n) is 11.9. The molecule has 0 spiro atoms. The minimum atomic E-state index is 0.586. The van der Waals surface area contributed by atoms with E-state index >= 15 is 0 Å². The predicted molar refractivity (Wildman–Crippen MR) is 76.9 cm³/mol. The number of ether oxygens (including phenoxy) is 1. The lowest BCUT2D eigenvalue weighted by Crippen LogP contribution is -2.34. The van der Waals surface area contributed by atoms with Crippen LogP contribution in [-0.2, 0) is 0 Å². The Morgan fingerprint density at radius 2 is 2.21 bits per heavy atom. The molecule has 0 radical (unpaired) electrons. The summed E-state index contributed by atoms with van der Waals surface area (Å²) in [7, 11) is 3.46. The summed E-state index contributed by atoms with van der Waals surface area (Å²) in [5, 5.41) is 6.40. The molecule has 2 N–H and O–H groups in total. The van der Waals surface area contributed by atoms with Gasteiger partial charge < -0.3 is 15.4 Å². The van der Waals surface area contributed by atoms with Crippen molar-refractivity contribution in [3.63, 3.8) is 0 Å². The molecule has 0 aliphatic carbocycles. The summed E-state index contributed by atoms with van der Waals surface area (Å²) < 4.78 is 5.37. The average molecular weight is 265 g/mol. The number of hydrogen-bond acceptors (Lipinski definition) is 6. The molecule has 1 fully saturated rings. The minimum Gasteiger partial charge on any atom is -0.490 e. The Morgan fingerprint density at radius 1 is 1.42 bits per heavy atom. The number of rotatable bonds is 6. The monoisotopic (exact) mass is 265 g/mol. The highest BCUT2D eigenvalue weighted by atomic mass is 16.5. The number of hydrogen-bond donors (Lipinski definition) is 2. The second-order valence-corrected chi connectivity index (χ2v) is 4.66. The summed E-state index contributed by atoms with van der Waals surface area (Å²) in [6.07, 6.45) is 4.07. The number of methoxy groups -OCH3 is 1. The van der Waals surface area contributed by atoms with E-state index in [4.69, 9.17) is 4.74 Å². The quantitative estimate of drug-likeness (QED) is 0.811. The van der Waals surface area contributed by atoms with Crippen molar-refractivity contribution in [1.29, 1.82) is 0 Å². The van der Waals surface area contributed by atoms with E-state index in [2.05, 4.69) is 32.4 Å². The first-order chi connectivity index (χ1) is 9.30. The number of aromatic nitrogens is 2. The summed E-state index contributed by atoms with van der Waals surface area (Å²) in [6, 6.07) is 0.586. The van der Waals surface area contributed by atoms with Crippen molar-refractivity contribution < 1.29 is 4.74 Å². The SMILES string of the molecule is CCN1CCCC1CNc1ncnc(NC)c1OC. The largest absolute Gasteiger partial charge is 0.490 e. The molecule has 1 aromatic heterocycles. The first-order valence-electron chi connectivity index (χ1n) is 6.84. The molecule has 1 saturated heterocycles. The molecular formula is C13H23N5O. The van der Waals surface area contributed by atoms with Crippen LogP contribution in [0.5, 0.6) is 5.75 Å². The van der Waals surface area contributed by atoms with Gasteiger partial charge in [0, 0.05) is 19.6 Å². The van der Waals surface area contributed by atoms with Gasteiger partial charge in [0.05, 0.1) is 7.11 Å². The Morgan fingerprint density at radius 3 is 2.89 bits per heavy atom. The van der Waals surface area contributed by atoms with Gasteiger partial charge in [-0.3, -0.25) is 4.90 Å². The zero-order valence-corrected chi connectivity index (χ0v) is 11.9. The van der Waals surface area contributed by atoms with Crippen molar-refractivity contribution in [2.75, 3.05) is 44.4 Å². The van der Waals surface area contributed by atoms with Crippen LogP contribution in [0.4, 0.5) is 11.6 Å².